The fraction of sp³-hybridized carbons (Fsp3) is 0.304. The molecule has 168 valence electrons. The fourth-order valence-corrected chi connectivity index (χ4v) is 3.41. The highest BCUT2D eigenvalue weighted by Gasteiger charge is 2.16. The van der Waals surface area contributed by atoms with Crippen molar-refractivity contribution in [2.24, 2.45) is 10.8 Å². The average Bonchev–Trinajstić information content (AvgIpc) is 2.77. The Hall–Kier alpha value is -3.20. The number of aromatic nitrogens is 2. The van der Waals surface area contributed by atoms with Crippen LogP contribution in [0.15, 0.2) is 50.8 Å². The minimum atomic E-state index is -0.578. The number of rotatable bonds is 9. The van der Waals surface area contributed by atoms with Gasteiger partial charge < -0.3 is 15.2 Å². The van der Waals surface area contributed by atoms with Gasteiger partial charge in [-0.3, -0.25) is 9.59 Å². The van der Waals surface area contributed by atoms with Crippen LogP contribution in [0.5, 0.6) is 11.5 Å². The highest BCUT2D eigenvalue weighted by atomic mass is 79.9. The van der Waals surface area contributed by atoms with Gasteiger partial charge in [-0.2, -0.15) is 9.78 Å². The van der Waals surface area contributed by atoms with Crippen molar-refractivity contribution < 1.29 is 14.3 Å². The van der Waals surface area contributed by atoms with E-state index in [1.54, 1.807) is 30.5 Å². The molecule has 0 bridgehead atoms. The summed E-state index contributed by atoms with van der Waals surface area (Å²) in [5.74, 6) is 0.905. The molecule has 0 aliphatic rings. The summed E-state index contributed by atoms with van der Waals surface area (Å²) in [7, 11) is 0. The molecule has 1 aromatic heterocycles. The second kappa shape index (κ2) is 10.4. The summed E-state index contributed by atoms with van der Waals surface area (Å²) in [5, 5.41) is 4.94. The van der Waals surface area contributed by atoms with Gasteiger partial charge in [0.2, 0.25) is 0 Å². The van der Waals surface area contributed by atoms with Crippen LogP contribution in [0.25, 0.3) is 10.9 Å². The number of halogens is 1. The molecule has 1 atom stereocenters. The van der Waals surface area contributed by atoms with Gasteiger partial charge >= 0.3 is 0 Å². The molecule has 8 nitrogen and oxygen atoms in total. The van der Waals surface area contributed by atoms with Crippen LogP contribution in [-0.2, 0) is 4.79 Å². The topological polar surface area (TPSA) is 109 Å². The van der Waals surface area contributed by atoms with Crippen LogP contribution in [0, 0.1) is 0 Å². The molecule has 2 aromatic carbocycles. The van der Waals surface area contributed by atoms with Crippen molar-refractivity contribution in [3.05, 3.63) is 62.6 Å². The molecule has 1 amide bonds. The lowest BCUT2D eigenvalue weighted by atomic mass is 10.1. The Morgan fingerprint density at radius 3 is 2.69 bits per heavy atom. The lowest BCUT2D eigenvalue weighted by Crippen LogP contribution is -2.23. The molecule has 1 heterocycles. The number of ether oxygens (including phenoxy) is 2. The molecule has 3 aromatic rings. The number of nitrogens with zero attached hydrogens (tertiary/aromatic N) is 3. The molecule has 0 aliphatic heterocycles. The Kier molecular flexibility index (Phi) is 7.63. The number of carbonyl (C=O) groups excluding carboxylic acids is 1. The molecule has 0 spiro atoms. The van der Waals surface area contributed by atoms with Gasteiger partial charge in [0.25, 0.3) is 11.5 Å². The van der Waals surface area contributed by atoms with Gasteiger partial charge in [-0.25, -0.2) is 4.98 Å². The van der Waals surface area contributed by atoms with E-state index >= 15 is 0 Å². The Balaban J connectivity index is 2.05. The van der Waals surface area contributed by atoms with Crippen LogP contribution in [-0.4, -0.2) is 35.0 Å². The Labute approximate surface area is 194 Å². The summed E-state index contributed by atoms with van der Waals surface area (Å²) in [6.07, 6.45) is 2.38. The SMILES string of the molecule is CCOc1cc(C=Nn2c([C@@H](C)CC)nc3ccc(Br)cc3c2=O)ccc1OCC(N)=O. The van der Waals surface area contributed by atoms with Crippen molar-refractivity contribution in [3.8, 4) is 11.5 Å². The molecule has 0 aliphatic carbocycles. The second-order valence-electron chi connectivity index (χ2n) is 7.20. The maximum atomic E-state index is 13.2. The van der Waals surface area contributed by atoms with E-state index in [0.717, 1.165) is 10.9 Å². The first kappa shape index (κ1) is 23.5. The monoisotopic (exact) mass is 500 g/mol. The average molecular weight is 501 g/mol. The highest BCUT2D eigenvalue weighted by Crippen LogP contribution is 2.28. The first-order chi connectivity index (χ1) is 15.3. The van der Waals surface area contributed by atoms with Crippen LogP contribution < -0.4 is 20.8 Å². The Morgan fingerprint density at radius 1 is 1.22 bits per heavy atom. The molecule has 0 fully saturated rings. The van der Waals surface area contributed by atoms with Crippen LogP contribution in [0.3, 0.4) is 0 Å². The number of hydrogen-bond donors (Lipinski definition) is 1. The van der Waals surface area contributed by atoms with Gasteiger partial charge in [0.1, 0.15) is 5.82 Å². The van der Waals surface area contributed by atoms with Crippen LogP contribution in [0.4, 0.5) is 0 Å². The van der Waals surface area contributed by atoms with Crippen LogP contribution in [0.2, 0.25) is 0 Å². The highest BCUT2D eigenvalue weighted by molar-refractivity contribution is 9.10. The lowest BCUT2D eigenvalue weighted by Gasteiger charge is -2.14. The maximum absolute atomic E-state index is 13.2. The van der Waals surface area contributed by atoms with E-state index in [4.69, 9.17) is 20.2 Å². The number of fused-ring (bicyclic) bond motifs is 1. The Morgan fingerprint density at radius 2 is 2.00 bits per heavy atom. The third kappa shape index (κ3) is 5.34. The van der Waals surface area contributed by atoms with Crippen molar-refractivity contribution in [3.63, 3.8) is 0 Å². The number of hydrogen-bond acceptors (Lipinski definition) is 6. The maximum Gasteiger partial charge on any atom is 0.282 e. The fourth-order valence-electron chi connectivity index (χ4n) is 3.04. The van der Waals surface area contributed by atoms with Crippen molar-refractivity contribution in [1.82, 2.24) is 9.66 Å². The summed E-state index contributed by atoms with van der Waals surface area (Å²) >= 11 is 3.41. The number of nitrogens with two attached hydrogens (primary N) is 1. The first-order valence-electron chi connectivity index (χ1n) is 10.3. The number of benzene rings is 2. The van der Waals surface area contributed by atoms with Crippen LogP contribution >= 0.6 is 15.9 Å². The molecule has 0 unspecified atom stereocenters. The van der Waals surface area contributed by atoms with E-state index in [1.165, 1.54) is 4.68 Å². The van der Waals surface area contributed by atoms with Crippen molar-refractivity contribution in [2.75, 3.05) is 13.2 Å². The molecule has 3 rings (SSSR count). The predicted molar refractivity (Wildman–Crippen MR) is 128 cm³/mol. The summed E-state index contributed by atoms with van der Waals surface area (Å²) in [6, 6.07) is 10.6. The summed E-state index contributed by atoms with van der Waals surface area (Å²) in [4.78, 5) is 28.9. The molecular weight excluding hydrogens is 476 g/mol. The third-order valence-corrected chi connectivity index (χ3v) is 5.34. The third-order valence-electron chi connectivity index (χ3n) is 4.85. The Bertz CT molecular complexity index is 1220. The lowest BCUT2D eigenvalue weighted by molar-refractivity contribution is -0.119. The van der Waals surface area contributed by atoms with E-state index in [9.17, 15) is 9.59 Å². The van der Waals surface area contributed by atoms with Crippen LogP contribution in [0.1, 0.15) is 44.5 Å². The predicted octanol–water partition coefficient (Wildman–Crippen LogP) is 3.82. The van der Waals surface area contributed by atoms with E-state index in [0.29, 0.717) is 40.4 Å². The van der Waals surface area contributed by atoms with Crippen molar-refractivity contribution in [2.45, 2.75) is 33.1 Å². The number of primary amides is 1. The summed E-state index contributed by atoms with van der Waals surface area (Å²) < 4.78 is 13.2. The molecule has 0 saturated carbocycles. The van der Waals surface area contributed by atoms with E-state index in [-0.39, 0.29) is 18.1 Å². The van der Waals surface area contributed by atoms with Gasteiger partial charge in [-0.15, -0.1) is 0 Å². The quantitative estimate of drug-likeness (QED) is 0.449. The van der Waals surface area contributed by atoms with Gasteiger partial charge in [0.05, 0.1) is 23.7 Å². The van der Waals surface area contributed by atoms with Gasteiger partial charge in [-0.1, -0.05) is 29.8 Å². The van der Waals surface area contributed by atoms with E-state index in [2.05, 4.69) is 21.0 Å². The molecule has 0 radical (unpaired) electrons. The van der Waals surface area contributed by atoms with Crippen molar-refractivity contribution >= 4 is 39.0 Å². The smallest absolute Gasteiger partial charge is 0.282 e. The molecule has 32 heavy (non-hydrogen) atoms. The largest absolute Gasteiger partial charge is 0.490 e. The molecule has 9 heteroatoms. The van der Waals surface area contributed by atoms with Gasteiger partial charge in [0, 0.05) is 10.4 Å². The minimum Gasteiger partial charge on any atom is -0.490 e. The van der Waals surface area contributed by atoms with Gasteiger partial charge in [0.15, 0.2) is 18.1 Å². The van der Waals surface area contributed by atoms with Gasteiger partial charge in [-0.05, 0) is 55.3 Å². The summed E-state index contributed by atoms with van der Waals surface area (Å²) in [5.41, 5.74) is 6.24. The number of amides is 1. The molecular formula is C23H25BrN4O4. The van der Waals surface area contributed by atoms with E-state index in [1.807, 2.05) is 32.9 Å². The zero-order chi connectivity index (χ0) is 23.3. The standard InChI is InChI=1S/C23H25BrN4O4/c1-4-14(3)22-27-18-8-7-16(24)11-17(18)23(30)28(22)26-12-15-6-9-19(32-13-21(25)29)20(10-15)31-5-2/h6-12,14H,4-5,13H2,1-3H3,(H2,25,29)/t14-/m0/s1. The minimum absolute atomic E-state index is 0.0384. The molecule has 0 saturated heterocycles. The number of carbonyl (C=O) groups is 1. The first-order valence-corrected chi connectivity index (χ1v) is 11.1. The van der Waals surface area contributed by atoms with E-state index < -0.39 is 5.91 Å². The normalized spacial score (nSPS) is 12.2. The zero-order valence-electron chi connectivity index (χ0n) is 18.2. The summed E-state index contributed by atoms with van der Waals surface area (Å²) in [6.45, 7) is 6.05. The molecule has 2 N–H and O–H groups in total. The zero-order valence-corrected chi connectivity index (χ0v) is 19.8. The second-order valence-corrected chi connectivity index (χ2v) is 8.11. The van der Waals surface area contributed by atoms with Crippen molar-refractivity contribution in [1.29, 1.82) is 0 Å².